The van der Waals surface area contributed by atoms with Crippen molar-refractivity contribution in [3.63, 3.8) is 0 Å². The second-order valence-electron chi connectivity index (χ2n) is 5.99. The van der Waals surface area contributed by atoms with Crippen LogP contribution < -0.4 is 15.6 Å². The molecular formula is C18H19BBrF2NO3. The Bertz CT molecular complexity index is 844. The third-order valence-electron chi connectivity index (χ3n) is 4.10. The number of hydrogen-bond acceptors (Lipinski definition) is 3. The minimum Gasteiger partial charge on any atom is -0.494 e. The van der Waals surface area contributed by atoms with Crippen LogP contribution in [0.3, 0.4) is 0 Å². The molecule has 2 heterocycles. The molecule has 3 rings (SSSR count). The van der Waals surface area contributed by atoms with Crippen LogP contribution in [-0.4, -0.2) is 26.0 Å². The van der Waals surface area contributed by atoms with E-state index in [-0.39, 0.29) is 28.8 Å². The maximum absolute atomic E-state index is 12.5. The Hall–Kier alpha value is -1.67. The first kappa shape index (κ1) is 20.6. The van der Waals surface area contributed by atoms with Crippen LogP contribution >= 0.6 is 15.9 Å². The maximum Gasteiger partial charge on any atom is 0.200 e. The molecule has 2 atom stereocenters. The van der Waals surface area contributed by atoms with E-state index in [0.29, 0.717) is 10.2 Å². The Morgan fingerprint density at radius 2 is 2.04 bits per heavy atom. The zero-order valence-corrected chi connectivity index (χ0v) is 16.3. The SMILES string of the molecule is COc1cccc(F)c1F.[B]c1c(C)[nH]c(C2CCC(C)O2)c(Br)c1=O. The number of pyridine rings is 1. The van der Waals surface area contributed by atoms with Crippen molar-refractivity contribution in [2.75, 3.05) is 7.11 Å². The van der Waals surface area contributed by atoms with Crippen molar-refractivity contribution in [2.45, 2.75) is 38.9 Å². The average Bonchev–Trinajstić information content (AvgIpc) is 3.05. The standard InChI is InChI=1S/C11H13BBrNO2.C7H6F2O/c1-5-3-4-7(16-5)10-9(13)11(15)8(12)6(2)14-10;1-10-6-4-2-3-5(8)7(6)9/h5,7H,3-4H2,1-2H3,(H,14,15);2-4H,1H3. The van der Waals surface area contributed by atoms with Gasteiger partial charge in [0.15, 0.2) is 17.0 Å². The van der Waals surface area contributed by atoms with Gasteiger partial charge in [0.25, 0.3) is 0 Å². The van der Waals surface area contributed by atoms with Gasteiger partial charge < -0.3 is 14.5 Å². The molecule has 0 saturated carbocycles. The number of aromatic amines is 1. The molecule has 1 aromatic heterocycles. The van der Waals surface area contributed by atoms with Gasteiger partial charge in [-0.15, -0.1) is 0 Å². The van der Waals surface area contributed by atoms with Crippen LogP contribution in [0.1, 0.15) is 37.3 Å². The number of benzene rings is 1. The van der Waals surface area contributed by atoms with Gasteiger partial charge in [-0.3, -0.25) is 4.79 Å². The van der Waals surface area contributed by atoms with Crippen LogP contribution in [0.25, 0.3) is 0 Å². The van der Waals surface area contributed by atoms with Crippen LogP contribution in [0.5, 0.6) is 5.75 Å². The first-order valence-corrected chi connectivity index (χ1v) is 8.86. The molecule has 0 spiro atoms. The van der Waals surface area contributed by atoms with Crippen molar-refractivity contribution >= 4 is 29.2 Å². The molecule has 2 radical (unpaired) electrons. The predicted octanol–water partition coefficient (Wildman–Crippen LogP) is 3.45. The summed E-state index contributed by atoms with van der Waals surface area (Å²) >= 11 is 3.29. The topological polar surface area (TPSA) is 51.3 Å². The van der Waals surface area contributed by atoms with E-state index in [1.807, 2.05) is 6.92 Å². The lowest BCUT2D eigenvalue weighted by Crippen LogP contribution is -2.31. The Labute approximate surface area is 160 Å². The van der Waals surface area contributed by atoms with Gasteiger partial charge in [-0.25, -0.2) is 4.39 Å². The molecule has 0 amide bonds. The molecule has 2 unspecified atom stereocenters. The summed E-state index contributed by atoms with van der Waals surface area (Å²) < 4.78 is 35.6. The third-order valence-corrected chi connectivity index (χ3v) is 4.88. The number of methoxy groups -OCH3 is 1. The lowest BCUT2D eigenvalue weighted by Gasteiger charge is -2.15. The second kappa shape index (κ2) is 8.82. The zero-order chi connectivity index (χ0) is 19.4. The van der Waals surface area contributed by atoms with Gasteiger partial charge >= 0.3 is 0 Å². The van der Waals surface area contributed by atoms with Crippen LogP contribution in [0, 0.1) is 18.6 Å². The normalized spacial score (nSPS) is 19.0. The highest BCUT2D eigenvalue weighted by atomic mass is 79.9. The molecule has 0 aliphatic carbocycles. The largest absolute Gasteiger partial charge is 0.494 e. The molecule has 1 saturated heterocycles. The number of rotatable bonds is 2. The number of halogens is 3. The van der Waals surface area contributed by atoms with Gasteiger partial charge in [0.2, 0.25) is 5.82 Å². The van der Waals surface area contributed by atoms with E-state index in [9.17, 15) is 13.6 Å². The summed E-state index contributed by atoms with van der Waals surface area (Å²) in [6.07, 6.45) is 2.16. The van der Waals surface area contributed by atoms with Crippen molar-refractivity contribution in [3.8, 4) is 5.75 Å². The third kappa shape index (κ3) is 4.54. The molecule has 1 aliphatic heterocycles. The molecular weight excluding hydrogens is 407 g/mol. The first-order valence-electron chi connectivity index (χ1n) is 8.07. The van der Waals surface area contributed by atoms with Crippen molar-refractivity contribution in [3.05, 3.63) is 55.9 Å². The summed E-state index contributed by atoms with van der Waals surface area (Å²) in [5.41, 5.74) is 1.61. The van der Waals surface area contributed by atoms with Crippen molar-refractivity contribution < 1.29 is 18.3 Å². The molecule has 1 aromatic carbocycles. The van der Waals surface area contributed by atoms with Crippen LogP contribution in [-0.2, 0) is 4.74 Å². The molecule has 1 fully saturated rings. The number of aromatic nitrogens is 1. The highest BCUT2D eigenvalue weighted by molar-refractivity contribution is 9.10. The molecule has 8 heteroatoms. The van der Waals surface area contributed by atoms with E-state index >= 15 is 0 Å². The van der Waals surface area contributed by atoms with Crippen molar-refractivity contribution in [2.24, 2.45) is 0 Å². The molecule has 2 aromatic rings. The van der Waals surface area contributed by atoms with Gasteiger partial charge in [-0.2, -0.15) is 4.39 Å². The summed E-state index contributed by atoms with van der Waals surface area (Å²) in [6.45, 7) is 3.83. The van der Waals surface area contributed by atoms with E-state index in [1.54, 1.807) is 6.92 Å². The quantitative estimate of drug-likeness (QED) is 0.749. The highest BCUT2D eigenvalue weighted by Gasteiger charge is 2.27. The number of H-pyrrole nitrogens is 1. The van der Waals surface area contributed by atoms with Gasteiger partial charge in [0.05, 0.1) is 29.5 Å². The number of nitrogens with one attached hydrogen (secondary N) is 1. The monoisotopic (exact) mass is 425 g/mol. The first-order chi connectivity index (χ1) is 12.3. The van der Waals surface area contributed by atoms with E-state index < -0.39 is 11.6 Å². The van der Waals surface area contributed by atoms with Crippen LogP contribution in [0.2, 0.25) is 0 Å². The van der Waals surface area contributed by atoms with Crippen molar-refractivity contribution in [1.29, 1.82) is 0 Å². The van der Waals surface area contributed by atoms with Crippen molar-refractivity contribution in [1.82, 2.24) is 4.98 Å². The molecule has 0 bridgehead atoms. The fourth-order valence-corrected chi connectivity index (χ4v) is 3.18. The lowest BCUT2D eigenvalue weighted by molar-refractivity contribution is 0.0525. The summed E-state index contributed by atoms with van der Waals surface area (Å²) in [5, 5.41) is 0. The van der Waals surface area contributed by atoms with Crippen LogP contribution in [0.15, 0.2) is 27.5 Å². The van der Waals surface area contributed by atoms with E-state index in [0.717, 1.165) is 24.6 Å². The molecule has 1 N–H and O–H groups in total. The van der Waals surface area contributed by atoms with Gasteiger partial charge in [0, 0.05) is 5.69 Å². The summed E-state index contributed by atoms with van der Waals surface area (Å²) in [6, 6.07) is 3.79. The Morgan fingerprint density at radius 1 is 1.35 bits per heavy atom. The molecule has 1 aliphatic rings. The Morgan fingerprint density at radius 3 is 2.58 bits per heavy atom. The minimum absolute atomic E-state index is 0.0311. The van der Waals surface area contributed by atoms with Crippen LogP contribution in [0.4, 0.5) is 8.78 Å². The highest BCUT2D eigenvalue weighted by Crippen LogP contribution is 2.33. The number of ether oxygens (including phenoxy) is 2. The number of hydrogen-bond donors (Lipinski definition) is 1. The summed E-state index contributed by atoms with van der Waals surface area (Å²) in [5.74, 6) is -1.90. The zero-order valence-electron chi connectivity index (χ0n) is 14.7. The fourth-order valence-electron chi connectivity index (χ4n) is 2.61. The van der Waals surface area contributed by atoms with E-state index in [2.05, 4.69) is 25.7 Å². The maximum atomic E-state index is 12.5. The summed E-state index contributed by atoms with van der Waals surface area (Å²) in [4.78, 5) is 15.0. The summed E-state index contributed by atoms with van der Waals surface area (Å²) in [7, 11) is 6.95. The minimum atomic E-state index is -0.940. The molecule has 4 nitrogen and oxygen atoms in total. The predicted molar refractivity (Wildman–Crippen MR) is 100 cm³/mol. The fraction of sp³-hybridized carbons (Fsp3) is 0.389. The van der Waals surface area contributed by atoms with Gasteiger partial charge in [0.1, 0.15) is 7.85 Å². The molecule has 26 heavy (non-hydrogen) atoms. The van der Waals surface area contributed by atoms with E-state index in [1.165, 1.54) is 19.2 Å². The second-order valence-corrected chi connectivity index (χ2v) is 6.78. The van der Waals surface area contributed by atoms with Gasteiger partial charge in [-0.1, -0.05) is 6.07 Å². The molecule has 138 valence electrons. The smallest absolute Gasteiger partial charge is 0.200 e. The van der Waals surface area contributed by atoms with E-state index in [4.69, 9.17) is 12.6 Å². The Kier molecular flexibility index (Phi) is 7.00. The van der Waals surface area contributed by atoms with Gasteiger partial charge in [-0.05, 0) is 60.2 Å². The lowest BCUT2D eigenvalue weighted by atomic mass is 9.93. The average molecular weight is 426 g/mol. The Balaban J connectivity index is 0.000000209. The number of aryl methyl sites for hydroxylation is 1.